The third kappa shape index (κ3) is 4.32. The monoisotopic (exact) mass is 368 g/mol. The van der Waals surface area contributed by atoms with Gasteiger partial charge in [-0.1, -0.05) is 18.2 Å². The van der Waals surface area contributed by atoms with Gasteiger partial charge in [0.15, 0.2) is 11.5 Å². The zero-order valence-corrected chi connectivity index (χ0v) is 12.8. The van der Waals surface area contributed by atoms with E-state index in [0.29, 0.717) is 0 Å². The fourth-order valence-electron chi connectivity index (χ4n) is 1.99. The van der Waals surface area contributed by atoms with Gasteiger partial charge in [0.1, 0.15) is 5.56 Å². The molecule has 0 saturated heterocycles. The number of carboxylic acid groups (broad SMARTS) is 2. The van der Waals surface area contributed by atoms with Crippen molar-refractivity contribution >= 4 is 18.0 Å². The number of hydrogen-bond acceptors (Lipinski definition) is 4. The molecule has 2 aromatic carbocycles. The van der Waals surface area contributed by atoms with Gasteiger partial charge in [-0.05, 0) is 35.9 Å². The maximum atomic E-state index is 12.7. The average Bonchev–Trinajstić information content (AvgIpc) is 2.55. The second-order valence-electron chi connectivity index (χ2n) is 5.00. The predicted octanol–water partition coefficient (Wildman–Crippen LogP) is 3.61. The van der Waals surface area contributed by atoms with Gasteiger partial charge in [-0.2, -0.15) is 13.2 Å². The van der Waals surface area contributed by atoms with Gasteiger partial charge < -0.3 is 20.1 Å². The van der Waals surface area contributed by atoms with Crippen molar-refractivity contribution in [1.82, 2.24) is 0 Å². The summed E-state index contributed by atoms with van der Waals surface area (Å²) in [7, 11) is 0. The first-order valence-electron chi connectivity index (χ1n) is 6.95. The molecule has 0 spiro atoms. The first-order chi connectivity index (χ1) is 12.1. The molecule has 0 aromatic heterocycles. The lowest BCUT2D eigenvalue weighted by Crippen LogP contribution is -2.09. The molecule has 0 fully saturated rings. The highest BCUT2D eigenvalue weighted by atomic mass is 19.4. The summed E-state index contributed by atoms with van der Waals surface area (Å²) in [4.78, 5) is 22.3. The summed E-state index contributed by atoms with van der Waals surface area (Å²) in [6.07, 6.45) is -3.79. The molecule has 0 amide bonds. The molecule has 2 aromatic rings. The molecular weight excluding hydrogens is 357 g/mol. The van der Waals surface area contributed by atoms with Crippen LogP contribution in [0.25, 0.3) is 6.08 Å². The molecule has 0 saturated carbocycles. The largest absolute Gasteiger partial charge is 0.504 e. The summed E-state index contributed by atoms with van der Waals surface area (Å²) >= 11 is 0. The number of aliphatic carboxylic acids is 1. The molecule has 0 aliphatic rings. The topological polar surface area (TPSA) is 104 Å². The SMILES string of the molecule is O=C(O)/C(=C\c1cccc(C(F)(F)F)c1)Oc1cccc(C(=O)O)c1O. The van der Waals surface area contributed by atoms with E-state index in [4.69, 9.17) is 9.84 Å². The summed E-state index contributed by atoms with van der Waals surface area (Å²) in [5.74, 6) is -5.17. The number of phenols is 1. The highest BCUT2D eigenvalue weighted by Crippen LogP contribution is 2.32. The number of hydrogen-bond donors (Lipinski definition) is 3. The quantitative estimate of drug-likeness (QED) is 0.550. The van der Waals surface area contributed by atoms with Gasteiger partial charge in [-0.25, -0.2) is 9.59 Å². The van der Waals surface area contributed by atoms with Gasteiger partial charge in [0.2, 0.25) is 5.76 Å². The van der Waals surface area contributed by atoms with E-state index in [0.717, 1.165) is 36.4 Å². The highest BCUT2D eigenvalue weighted by molar-refractivity contribution is 5.93. The minimum absolute atomic E-state index is 0.105. The van der Waals surface area contributed by atoms with E-state index in [2.05, 4.69) is 0 Å². The number of carboxylic acids is 2. The van der Waals surface area contributed by atoms with Gasteiger partial charge in [0.25, 0.3) is 0 Å². The number of benzene rings is 2. The predicted molar refractivity (Wildman–Crippen MR) is 82.8 cm³/mol. The first-order valence-corrected chi connectivity index (χ1v) is 6.95. The van der Waals surface area contributed by atoms with Crippen LogP contribution in [-0.2, 0) is 11.0 Å². The average molecular weight is 368 g/mol. The number of aromatic hydroxyl groups is 1. The van der Waals surface area contributed by atoms with Crippen molar-refractivity contribution in [1.29, 1.82) is 0 Å². The third-order valence-electron chi connectivity index (χ3n) is 3.17. The van der Waals surface area contributed by atoms with E-state index in [-0.39, 0.29) is 5.56 Å². The Kier molecular flexibility index (Phi) is 5.20. The summed E-state index contributed by atoms with van der Waals surface area (Å²) < 4.78 is 43.2. The number of para-hydroxylation sites is 1. The van der Waals surface area contributed by atoms with E-state index in [1.54, 1.807) is 0 Å². The Labute approximate surface area is 144 Å². The molecule has 0 radical (unpaired) electrons. The van der Waals surface area contributed by atoms with Crippen LogP contribution in [0.2, 0.25) is 0 Å². The van der Waals surface area contributed by atoms with Gasteiger partial charge in [0.05, 0.1) is 5.56 Å². The van der Waals surface area contributed by atoms with Crippen LogP contribution in [0.4, 0.5) is 13.2 Å². The fraction of sp³-hybridized carbons (Fsp3) is 0.0588. The van der Waals surface area contributed by atoms with Crippen LogP contribution in [0, 0.1) is 0 Å². The number of aromatic carboxylic acids is 1. The third-order valence-corrected chi connectivity index (χ3v) is 3.17. The van der Waals surface area contributed by atoms with Crippen molar-refractivity contribution in [3.05, 3.63) is 64.9 Å². The Morgan fingerprint density at radius 2 is 1.69 bits per heavy atom. The zero-order chi connectivity index (χ0) is 19.5. The molecule has 9 heteroatoms. The summed E-state index contributed by atoms with van der Waals surface area (Å²) in [6.45, 7) is 0. The van der Waals surface area contributed by atoms with Crippen LogP contribution >= 0.6 is 0 Å². The molecule has 0 unspecified atom stereocenters. The summed E-state index contributed by atoms with van der Waals surface area (Å²) in [5, 5.41) is 27.9. The van der Waals surface area contributed by atoms with Crippen molar-refractivity contribution in [3.8, 4) is 11.5 Å². The van der Waals surface area contributed by atoms with Gasteiger partial charge in [-0.3, -0.25) is 0 Å². The number of ether oxygens (including phenoxy) is 1. The van der Waals surface area contributed by atoms with E-state index < -0.39 is 46.5 Å². The maximum Gasteiger partial charge on any atom is 0.416 e. The van der Waals surface area contributed by atoms with E-state index in [1.165, 1.54) is 12.1 Å². The number of carbonyl (C=O) groups is 2. The molecular formula is C17H11F3O6. The smallest absolute Gasteiger partial charge is 0.416 e. The number of rotatable bonds is 5. The van der Waals surface area contributed by atoms with Crippen LogP contribution in [0.3, 0.4) is 0 Å². The maximum absolute atomic E-state index is 12.7. The lowest BCUT2D eigenvalue weighted by Gasteiger charge is -2.10. The van der Waals surface area contributed by atoms with Crippen molar-refractivity contribution in [2.24, 2.45) is 0 Å². The molecule has 6 nitrogen and oxygen atoms in total. The van der Waals surface area contributed by atoms with Gasteiger partial charge >= 0.3 is 18.1 Å². The minimum atomic E-state index is -4.61. The molecule has 2 rings (SSSR count). The molecule has 136 valence electrons. The zero-order valence-electron chi connectivity index (χ0n) is 12.8. The Balaban J connectivity index is 2.42. The van der Waals surface area contributed by atoms with Crippen LogP contribution in [0.15, 0.2) is 48.2 Å². The van der Waals surface area contributed by atoms with Gasteiger partial charge in [-0.15, -0.1) is 0 Å². The molecule has 3 N–H and O–H groups in total. The standard InChI is InChI=1S/C17H11F3O6/c18-17(19,20)10-4-1-3-9(7-10)8-13(16(24)25)26-12-6-2-5-11(14(12)21)15(22)23/h1-8,21H,(H,22,23)(H,24,25)/b13-8+. The molecule has 0 aliphatic heterocycles. The number of alkyl halides is 3. The van der Waals surface area contributed by atoms with Crippen LogP contribution in [-0.4, -0.2) is 27.3 Å². The summed E-state index contributed by atoms with van der Waals surface area (Å²) in [5.41, 5.74) is -1.61. The Bertz CT molecular complexity index is 886. The molecule has 0 bridgehead atoms. The Morgan fingerprint density at radius 1 is 1.04 bits per heavy atom. The van der Waals surface area contributed by atoms with Crippen molar-refractivity contribution in [2.45, 2.75) is 6.18 Å². The molecule has 0 heterocycles. The van der Waals surface area contributed by atoms with Crippen molar-refractivity contribution in [2.75, 3.05) is 0 Å². The first kappa shape index (κ1) is 18.8. The lowest BCUT2D eigenvalue weighted by molar-refractivity contribution is -0.137. The second-order valence-corrected chi connectivity index (χ2v) is 5.00. The fourth-order valence-corrected chi connectivity index (χ4v) is 1.99. The van der Waals surface area contributed by atoms with Crippen molar-refractivity contribution < 1.29 is 42.8 Å². The van der Waals surface area contributed by atoms with E-state index in [9.17, 15) is 33.0 Å². The van der Waals surface area contributed by atoms with Crippen LogP contribution in [0.5, 0.6) is 11.5 Å². The molecule has 26 heavy (non-hydrogen) atoms. The van der Waals surface area contributed by atoms with Gasteiger partial charge in [0, 0.05) is 0 Å². The van der Waals surface area contributed by atoms with Crippen molar-refractivity contribution in [3.63, 3.8) is 0 Å². The Hall–Kier alpha value is -3.49. The molecule has 0 atom stereocenters. The van der Waals surface area contributed by atoms with Crippen LogP contribution in [0.1, 0.15) is 21.5 Å². The number of halogens is 3. The second kappa shape index (κ2) is 7.18. The van der Waals surface area contributed by atoms with E-state index in [1.807, 2.05) is 0 Å². The normalized spacial score (nSPS) is 11.9. The van der Waals surface area contributed by atoms with E-state index >= 15 is 0 Å². The highest BCUT2D eigenvalue weighted by Gasteiger charge is 2.30. The summed E-state index contributed by atoms with van der Waals surface area (Å²) in [6, 6.07) is 7.26. The lowest BCUT2D eigenvalue weighted by atomic mass is 10.1. The molecule has 0 aliphatic carbocycles. The minimum Gasteiger partial charge on any atom is -0.504 e. The van der Waals surface area contributed by atoms with Crippen LogP contribution < -0.4 is 4.74 Å². The Morgan fingerprint density at radius 3 is 2.27 bits per heavy atom.